The minimum absolute atomic E-state index is 0.00454. The van der Waals surface area contributed by atoms with Crippen LogP contribution in [0.25, 0.3) is 0 Å². The third-order valence-electron chi connectivity index (χ3n) is 4.57. The van der Waals surface area contributed by atoms with Gasteiger partial charge >= 0.3 is 12.1 Å². The summed E-state index contributed by atoms with van der Waals surface area (Å²) in [5, 5.41) is 9.04. The molecule has 0 aromatic heterocycles. The number of carbonyl (C=O) groups is 3. The first-order chi connectivity index (χ1) is 12.5. The molecule has 0 aliphatic carbocycles. The van der Waals surface area contributed by atoms with Crippen molar-refractivity contribution in [1.29, 1.82) is 0 Å². The maximum Gasteiger partial charge on any atom is 0.416 e. The van der Waals surface area contributed by atoms with Gasteiger partial charge in [0.05, 0.1) is 5.56 Å². The standard InChI is InChI=1S/C18H21F3N2O4/c1-3-11(2)23(10-16(25)26)17(27)12-7-13(18(19,20)21)9-14(8-12)22-6-4-5-15(22)24/h7-9,11H,3-6,10H2,1-2H3,(H,25,26). The zero-order valence-electron chi connectivity index (χ0n) is 15.0. The van der Waals surface area contributed by atoms with E-state index in [4.69, 9.17) is 5.11 Å². The zero-order valence-corrected chi connectivity index (χ0v) is 15.0. The highest BCUT2D eigenvalue weighted by Gasteiger charge is 2.34. The second-order valence-corrected chi connectivity index (χ2v) is 6.50. The van der Waals surface area contributed by atoms with E-state index in [1.165, 1.54) is 11.0 Å². The van der Waals surface area contributed by atoms with E-state index >= 15 is 0 Å². The van der Waals surface area contributed by atoms with E-state index in [0.29, 0.717) is 18.9 Å². The average Bonchev–Trinajstić information content (AvgIpc) is 3.03. The van der Waals surface area contributed by atoms with E-state index in [0.717, 1.165) is 11.0 Å². The Morgan fingerprint density at radius 1 is 1.30 bits per heavy atom. The van der Waals surface area contributed by atoms with Crippen LogP contribution in [0.15, 0.2) is 18.2 Å². The highest BCUT2D eigenvalue weighted by Crippen LogP contribution is 2.34. The maximum atomic E-state index is 13.3. The van der Waals surface area contributed by atoms with Crippen molar-refractivity contribution in [3.8, 4) is 0 Å². The largest absolute Gasteiger partial charge is 0.480 e. The minimum Gasteiger partial charge on any atom is -0.480 e. The van der Waals surface area contributed by atoms with Gasteiger partial charge in [0.2, 0.25) is 5.91 Å². The molecular formula is C18H21F3N2O4. The van der Waals surface area contributed by atoms with Crippen molar-refractivity contribution in [2.24, 2.45) is 0 Å². The van der Waals surface area contributed by atoms with Crippen molar-refractivity contribution in [2.75, 3.05) is 18.0 Å². The van der Waals surface area contributed by atoms with Crippen molar-refractivity contribution in [3.63, 3.8) is 0 Å². The van der Waals surface area contributed by atoms with Gasteiger partial charge in [0.1, 0.15) is 6.54 Å². The first kappa shape index (κ1) is 20.7. The number of carboxylic acid groups (broad SMARTS) is 1. The summed E-state index contributed by atoms with van der Waals surface area (Å²) in [4.78, 5) is 38.0. The van der Waals surface area contributed by atoms with Crippen molar-refractivity contribution >= 4 is 23.5 Å². The van der Waals surface area contributed by atoms with Crippen molar-refractivity contribution in [3.05, 3.63) is 29.3 Å². The molecule has 1 aromatic carbocycles. The Labute approximate surface area is 154 Å². The minimum atomic E-state index is -4.71. The summed E-state index contributed by atoms with van der Waals surface area (Å²) >= 11 is 0. The summed E-state index contributed by atoms with van der Waals surface area (Å²) in [6.45, 7) is 3.02. The molecule has 9 heteroatoms. The van der Waals surface area contributed by atoms with Crippen molar-refractivity contribution < 1.29 is 32.7 Å². The van der Waals surface area contributed by atoms with Crippen LogP contribution in [0.4, 0.5) is 18.9 Å². The number of amides is 2. The molecule has 0 saturated carbocycles. The number of hydrogen-bond donors (Lipinski definition) is 1. The molecule has 1 unspecified atom stereocenters. The molecule has 0 spiro atoms. The second kappa shape index (κ2) is 7.98. The lowest BCUT2D eigenvalue weighted by molar-refractivity contribution is -0.139. The molecule has 1 saturated heterocycles. The highest BCUT2D eigenvalue weighted by atomic mass is 19.4. The molecule has 1 aliphatic rings. The molecule has 1 fully saturated rings. The fraction of sp³-hybridized carbons (Fsp3) is 0.500. The van der Waals surface area contributed by atoms with E-state index < -0.39 is 36.2 Å². The fourth-order valence-corrected chi connectivity index (χ4v) is 2.94. The van der Waals surface area contributed by atoms with Crippen LogP contribution < -0.4 is 4.90 Å². The van der Waals surface area contributed by atoms with E-state index in [2.05, 4.69) is 0 Å². The first-order valence-electron chi connectivity index (χ1n) is 8.60. The molecule has 148 valence electrons. The van der Waals surface area contributed by atoms with Crippen LogP contribution in [0.5, 0.6) is 0 Å². The van der Waals surface area contributed by atoms with Gasteiger partial charge in [-0.15, -0.1) is 0 Å². The molecule has 0 bridgehead atoms. The lowest BCUT2D eigenvalue weighted by atomic mass is 10.1. The monoisotopic (exact) mass is 386 g/mol. The molecule has 1 atom stereocenters. The first-order valence-corrected chi connectivity index (χ1v) is 8.60. The quantitative estimate of drug-likeness (QED) is 0.815. The number of alkyl halides is 3. The number of nitrogens with zero attached hydrogens (tertiary/aromatic N) is 2. The predicted octanol–water partition coefficient (Wildman–Crippen LogP) is 3.16. The normalized spacial score (nSPS) is 15.7. The molecule has 27 heavy (non-hydrogen) atoms. The Morgan fingerprint density at radius 2 is 1.96 bits per heavy atom. The lowest BCUT2D eigenvalue weighted by Crippen LogP contribution is -2.42. The number of halogens is 3. The van der Waals surface area contributed by atoms with E-state index in [1.54, 1.807) is 13.8 Å². The summed E-state index contributed by atoms with van der Waals surface area (Å²) < 4.78 is 39.9. The van der Waals surface area contributed by atoms with Crippen LogP contribution in [-0.4, -0.2) is 46.9 Å². The zero-order chi connectivity index (χ0) is 20.4. The van der Waals surface area contributed by atoms with Gasteiger partial charge in [0.15, 0.2) is 0 Å². The van der Waals surface area contributed by atoms with Gasteiger partial charge in [-0.05, 0) is 38.0 Å². The summed E-state index contributed by atoms with van der Waals surface area (Å²) in [5.74, 6) is -2.38. The predicted molar refractivity (Wildman–Crippen MR) is 91.5 cm³/mol. The Bertz CT molecular complexity index is 749. The van der Waals surface area contributed by atoms with Crippen LogP contribution in [0.3, 0.4) is 0 Å². The number of aliphatic carboxylic acids is 1. The molecule has 1 heterocycles. The molecule has 0 radical (unpaired) electrons. The number of rotatable bonds is 6. The molecular weight excluding hydrogens is 365 g/mol. The van der Waals surface area contributed by atoms with Gasteiger partial charge in [-0.3, -0.25) is 14.4 Å². The van der Waals surface area contributed by atoms with Gasteiger partial charge in [-0.25, -0.2) is 0 Å². The summed E-state index contributed by atoms with van der Waals surface area (Å²) in [7, 11) is 0. The maximum absolute atomic E-state index is 13.3. The molecule has 6 nitrogen and oxygen atoms in total. The summed E-state index contributed by atoms with van der Waals surface area (Å²) in [5.41, 5.74) is -1.35. The van der Waals surface area contributed by atoms with Crippen LogP contribution in [0.1, 0.15) is 49.0 Å². The third kappa shape index (κ3) is 4.78. The number of benzene rings is 1. The molecule has 1 N–H and O–H groups in total. The fourth-order valence-electron chi connectivity index (χ4n) is 2.94. The number of anilines is 1. The SMILES string of the molecule is CCC(C)N(CC(=O)O)C(=O)c1cc(N2CCCC2=O)cc(C(F)(F)F)c1. The summed E-state index contributed by atoms with van der Waals surface area (Å²) in [6, 6.07) is 2.28. The van der Waals surface area contributed by atoms with Crippen LogP contribution in [0.2, 0.25) is 0 Å². The Hall–Kier alpha value is -2.58. The van der Waals surface area contributed by atoms with Crippen LogP contribution in [0, 0.1) is 0 Å². The Balaban J connectivity index is 2.51. The van der Waals surface area contributed by atoms with Gasteiger partial charge in [-0.1, -0.05) is 6.92 Å². The summed E-state index contributed by atoms with van der Waals surface area (Å²) in [6.07, 6.45) is -3.51. The Morgan fingerprint density at radius 3 is 2.44 bits per heavy atom. The van der Waals surface area contributed by atoms with Gasteiger partial charge < -0.3 is 14.9 Å². The lowest BCUT2D eigenvalue weighted by Gasteiger charge is -2.28. The molecule has 1 aromatic rings. The number of carboxylic acids is 1. The Kier molecular flexibility index (Phi) is 6.12. The van der Waals surface area contributed by atoms with E-state index in [-0.39, 0.29) is 30.1 Å². The van der Waals surface area contributed by atoms with E-state index in [1.807, 2.05) is 0 Å². The van der Waals surface area contributed by atoms with Gasteiger partial charge in [0, 0.05) is 30.3 Å². The molecule has 2 amide bonds. The second-order valence-electron chi connectivity index (χ2n) is 6.50. The van der Waals surface area contributed by atoms with Crippen LogP contribution >= 0.6 is 0 Å². The van der Waals surface area contributed by atoms with Gasteiger partial charge in [0.25, 0.3) is 5.91 Å². The molecule has 1 aliphatic heterocycles. The third-order valence-corrected chi connectivity index (χ3v) is 4.57. The smallest absolute Gasteiger partial charge is 0.416 e. The van der Waals surface area contributed by atoms with Gasteiger partial charge in [-0.2, -0.15) is 13.2 Å². The number of carbonyl (C=O) groups excluding carboxylic acids is 2. The highest BCUT2D eigenvalue weighted by molar-refractivity contribution is 6.00. The number of hydrogen-bond acceptors (Lipinski definition) is 3. The van der Waals surface area contributed by atoms with Crippen molar-refractivity contribution in [2.45, 2.75) is 45.3 Å². The average molecular weight is 386 g/mol. The topological polar surface area (TPSA) is 77.9 Å². The van der Waals surface area contributed by atoms with Crippen LogP contribution in [-0.2, 0) is 15.8 Å². The van der Waals surface area contributed by atoms with E-state index in [9.17, 15) is 27.6 Å². The van der Waals surface area contributed by atoms with Crippen molar-refractivity contribution in [1.82, 2.24) is 4.90 Å². The molecule has 2 rings (SSSR count).